The van der Waals surface area contributed by atoms with Crippen molar-refractivity contribution in [3.8, 4) is 5.75 Å². The van der Waals surface area contributed by atoms with Crippen molar-refractivity contribution in [3.05, 3.63) is 59.7 Å². The predicted molar refractivity (Wildman–Crippen MR) is 104 cm³/mol. The van der Waals surface area contributed by atoms with Gasteiger partial charge in [0, 0.05) is 26.2 Å². The Morgan fingerprint density at radius 1 is 1.04 bits per heavy atom. The molecule has 2 aromatic rings. The van der Waals surface area contributed by atoms with E-state index in [4.69, 9.17) is 9.47 Å². The highest BCUT2D eigenvalue weighted by molar-refractivity contribution is 7.89. The number of benzene rings is 2. The molecule has 2 aromatic carbocycles. The summed E-state index contributed by atoms with van der Waals surface area (Å²) in [6, 6.07) is 14.8. The first-order valence-corrected chi connectivity index (χ1v) is 10.6. The third-order valence-electron chi connectivity index (χ3n) is 4.58. The van der Waals surface area contributed by atoms with Crippen LogP contribution in [0, 0.1) is 0 Å². The van der Waals surface area contributed by atoms with Gasteiger partial charge in [0.25, 0.3) is 0 Å². The molecule has 0 aromatic heterocycles. The summed E-state index contributed by atoms with van der Waals surface area (Å²) in [7, 11) is -1.85. The van der Waals surface area contributed by atoms with E-state index < -0.39 is 10.0 Å². The van der Waals surface area contributed by atoms with Gasteiger partial charge in [0.1, 0.15) is 5.75 Å². The van der Waals surface area contributed by atoms with Crippen molar-refractivity contribution >= 4 is 10.0 Å². The van der Waals surface area contributed by atoms with Crippen LogP contribution in [0.2, 0.25) is 0 Å². The van der Waals surface area contributed by atoms with E-state index >= 15 is 0 Å². The summed E-state index contributed by atoms with van der Waals surface area (Å²) in [4.78, 5) is 0.277. The van der Waals surface area contributed by atoms with E-state index in [1.807, 2.05) is 36.4 Å². The number of ether oxygens (including phenoxy) is 2. The van der Waals surface area contributed by atoms with Crippen molar-refractivity contribution in [1.29, 1.82) is 0 Å². The Labute approximate surface area is 160 Å². The normalized spacial score (nSPS) is 17.1. The summed E-state index contributed by atoms with van der Waals surface area (Å²) in [6.07, 6.45) is 1.88. The lowest BCUT2D eigenvalue weighted by Gasteiger charge is -2.12. The van der Waals surface area contributed by atoms with Gasteiger partial charge in [-0.1, -0.05) is 24.3 Å². The molecule has 146 valence electrons. The zero-order chi connectivity index (χ0) is 19.1. The number of hydrogen-bond acceptors (Lipinski definition) is 5. The van der Waals surface area contributed by atoms with Crippen LogP contribution in [0.5, 0.6) is 5.75 Å². The van der Waals surface area contributed by atoms with Gasteiger partial charge in [-0.2, -0.15) is 0 Å². The average molecular weight is 391 g/mol. The maximum atomic E-state index is 12.4. The molecule has 27 heavy (non-hydrogen) atoms. The van der Waals surface area contributed by atoms with Crippen LogP contribution in [0.15, 0.2) is 53.4 Å². The Balaban J connectivity index is 1.48. The molecule has 0 saturated carbocycles. The summed E-state index contributed by atoms with van der Waals surface area (Å²) in [5.41, 5.74) is 2.19. The van der Waals surface area contributed by atoms with Crippen LogP contribution >= 0.6 is 0 Å². The minimum Gasteiger partial charge on any atom is -0.497 e. The number of sulfonamides is 1. The summed E-state index contributed by atoms with van der Waals surface area (Å²) >= 11 is 0. The Bertz CT molecular complexity index is 814. The molecule has 6 nitrogen and oxygen atoms in total. The van der Waals surface area contributed by atoms with Crippen molar-refractivity contribution in [1.82, 2.24) is 10.0 Å². The van der Waals surface area contributed by atoms with Gasteiger partial charge >= 0.3 is 0 Å². The van der Waals surface area contributed by atoms with E-state index in [9.17, 15) is 8.42 Å². The Hall–Kier alpha value is -1.93. The number of rotatable bonds is 9. The molecular formula is C20H26N2O4S. The van der Waals surface area contributed by atoms with Crippen molar-refractivity contribution in [2.45, 2.75) is 36.9 Å². The fourth-order valence-electron chi connectivity index (χ4n) is 2.97. The van der Waals surface area contributed by atoms with Crippen LogP contribution in [0.4, 0.5) is 0 Å². The highest BCUT2D eigenvalue weighted by Crippen LogP contribution is 2.14. The van der Waals surface area contributed by atoms with Crippen molar-refractivity contribution < 1.29 is 17.9 Å². The van der Waals surface area contributed by atoms with Gasteiger partial charge in [-0.05, 0) is 48.2 Å². The minimum atomic E-state index is -3.50. The predicted octanol–water partition coefficient (Wildman–Crippen LogP) is 2.44. The molecule has 1 aliphatic rings. The Morgan fingerprint density at radius 2 is 1.67 bits per heavy atom. The first-order valence-electron chi connectivity index (χ1n) is 9.11. The second-order valence-electron chi connectivity index (χ2n) is 6.58. The summed E-state index contributed by atoms with van der Waals surface area (Å²) in [5.74, 6) is 0.837. The molecule has 1 heterocycles. The number of hydrogen-bond donors (Lipinski definition) is 2. The molecule has 1 aliphatic heterocycles. The molecule has 3 rings (SSSR count). The molecule has 1 unspecified atom stereocenters. The molecule has 1 saturated heterocycles. The molecule has 1 atom stereocenters. The lowest BCUT2D eigenvalue weighted by molar-refractivity contribution is 0.114. The number of methoxy groups -OCH3 is 1. The molecule has 1 fully saturated rings. The largest absolute Gasteiger partial charge is 0.497 e. The lowest BCUT2D eigenvalue weighted by Crippen LogP contribution is -2.31. The highest BCUT2D eigenvalue weighted by atomic mass is 32.2. The van der Waals surface area contributed by atoms with Crippen LogP contribution in [-0.2, 0) is 27.8 Å². The quantitative estimate of drug-likeness (QED) is 0.688. The second kappa shape index (κ2) is 9.32. The zero-order valence-electron chi connectivity index (χ0n) is 15.5. The summed E-state index contributed by atoms with van der Waals surface area (Å²) < 4.78 is 38.0. The monoisotopic (exact) mass is 390 g/mol. The van der Waals surface area contributed by atoms with Gasteiger partial charge in [0.05, 0.1) is 18.1 Å². The van der Waals surface area contributed by atoms with Gasteiger partial charge in [0.15, 0.2) is 0 Å². The van der Waals surface area contributed by atoms with E-state index in [0.717, 1.165) is 36.3 Å². The van der Waals surface area contributed by atoms with Crippen LogP contribution in [0.25, 0.3) is 0 Å². The SMILES string of the molecule is COc1ccc(CNCc2ccc(S(=O)(=O)NCC3CCCO3)cc2)cc1. The molecule has 0 bridgehead atoms. The Morgan fingerprint density at radius 3 is 2.22 bits per heavy atom. The molecule has 0 radical (unpaired) electrons. The zero-order valence-corrected chi connectivity index (χ0v) is 16.3. The van der Waals surface area contributed by atoms with Gasteiger partial charge in [-0.25, -0.2) is 13.1 Å². The third kappa shape index (κ3) is 5.77. The van der Waals surface area contributed by atoms with Crippen molar-refractivity contribution in [2.75, 3.05) is 20.3 Å². The van der Waals surface area contributed by atoms with Gasteiger partial charge < -0.3 is 14.8 Å². The van der Waals surface area contributed by atoms with Gasteiger partial charge in [-0.15, -0.1) is 0 Å². The molecule has 2 N–H and O–H groups in total. The van der Waals surface area contributed by atoms with Gasteiger partial charge in [0.2, 0.25) is 10.0 Å². The maximum absolute atomic E-state index is 12.4. The van der Waals surface area contributed by atoms with Crippen LogP contribution in [0.3, 0.4) is 0 Å². The summed E-state index contributed by atoms with van der Waals surface area (Å²) in [6.45, 7) is 2.43. The number of nitrogens with one attached hydrogen (secondary N) is 2. The standard InChI is InChI=1S/C20H26N2O4S/c1-25-18-8-4-16(5-9-18)13-21-14-17-6-10-20(11-7-17)27(23,24)22-15-19-3-2-12-26-19/h4-11,19,21-22H,2-3,12-15H2,1H3. The van der Waals surface area contributed by atoms with Crippen molar-refractivity contribution in [2.24, 2.45) is 0 Å². The van der Waals surface area contributed by atoms with E-state index in [1.54, 1.807) is 19.2 Å². The smallest absolute Gasteiger partial charge is 0.240 e. The Kier molecular flexibility index (Phi) is 6.84. The van der Waals surface area contributed by atoms with Crippen LogP contribution in [0.1, 0.15) is 24.0 Å². The molecule has 0 aliphatic carbocycles. The molecule has 7 heteroatoms. The average Bonchev–Trinajstić information content (AvgIpc) is 3.21. The first-order chi connectivity index (χ1) is 13.1. The molecular weight excluding hydrogens is 364 g/mol. The maximum Gasteiger partial charge on any atom is 0.240 e. The highest BCUT2D eigenvalue weighted by Gasteiger charge is 2.20. The van der Waals surface area contributed by atoms with E-state index in [2.05, 4.69) is 10.0 Å². The molecule has 0 spiro atoms. The van der Waals surface area contributed by atoms with Crippen LogP contribution in [-0.4, -0.2) is 34.8 Å². The van der Waals surface area contributed by atoms with E-state index in [-0.39, 0.29) is 11.0 Å². The second-order valence-corrected chi connectivity index (χ2v) is 8.35. The minimum absolute atomic E-state index is 0.0128. The van der Waals surface area contributed by atoms with E-state index in [1.165, 1.54) is 0 Å². The fourth-order valence-corrected chi connectivity index (χ4v) is 4.04. The fraction of sp³-hybridized carbons (Fsp3) is 0.400. The molecule has 0 amide bonds. The van der Waals surface area contributed by atoms with Crippen LogP contribution < -0.4 is 14.8 Å². The van der Waals surface area contributed by atoms with Crippen molar-refractivity contribution in [3.63, 3.8) is 0 Å². The van der Waals surface area contributed by atoms with Gasteiger partial charge in [-0.3, -0.25) is 0 Å². The lowest BCUT2D eigenvalue weighted by atomic mass is 10.2. The third-order valence-corrected chi connectivity index (χ3v) is 6.02. The summed E-state index contributed by atoms with van der Waals surface area (Å²) in [5, 5.41) is 3.35. The van der Waals surface area contributed by atoms with E-state index in [0.29, 0.717) is 19.7 Å². The topological polar surface area (TPSA) is 76.7 Å². The first kappa shape index (κ1) is 19.8.